The van der Waals surface area contributed by atoms with E-state index in [1.807, 2.05) is 53.8 Å². The van der Waals surface area contributed by atoms with Gasteiger partial charge in [-0.3, -0.25) is 0 Å². The molecular weight excluding hydrogens is 695 g/mol. The second-order valence-electron chi connectivity index (χ2n) is 14.3. The average Bonchev–Trinajstić information content (AvgIpc) is 3.94. The Morgan fingerprint density at radius 3 is 2.00 bits per heavy atom. The molecule has 1 aliphatic rings. The van der Waals surface area contributed by atoms with Crippen LogP contribution in [0.15, 0.2) is 154 Å². The van der Waals surface area contributed by atoms with Crippen LogP contribution in [0.25, 0.3) is 111 Å². The zero-order valence-electron chi connectivity index (χ0n) is 29.4. The fourth-order valence-electron chi connectivity index (χ4n) is 8.41. The number of aryl methyl sites for hydroxylation is 1. The van der Waals surface area contributed by atoms with Crippen molar-refractivity contribution >= 4 is 87.7 Å². The largest absolute Gasteiger partial charge is 0.456 e. The monoisotopic (exact) mass is 723 g/mol. The first-order chi connectivity index (χ1) is 27.2. The molecule has 12 rings (SSSR count). The van der Waals surface area contributed by atoms with Gasteiger partial charge in [-0.15, -0.1) is 11.3 Å². The predicted molar refractivity (Wildman–Crippen MR) is 226 cm³/mol. The van der Waals surface area contributed by atoms with E-state index in [1.165, 1.54) is 31.5 Å². The van der Waals surface area contributed by atoms with E-state index in [-0.39, 0.29) is 0 Å². The number of allylic oxidation sites excluding steroid dienone is 1. The number of hydrogen-bond donors (Lipinski definition) is 0. The minimum Gasteiger partial charge on any atom is -0.456 e. The number of para-hydroxylation sites is 2. The highest BCUT2D eigenvalue weighted by molar-refractivity contribution is 7.20. The Hall–Kier alpha value is -6.89. The zero-order chi connectivity index (χ0) is 36.0. The van der Waals surface area contributed by atoms with Crippen molar-refractivity contribution in [1.29, 1.82) is 0 Å². The molecule has 55 heavy (non-hydrogen) atoms. The van der Waals surface area contributed by atoms with Crippen molar-refractivity contribution in [2.45, 2.75) is 12.8 Å². The Morgan fingerprint density at radius 1 is 0.473 bits per heavy atom. The minimum atomic E-state index is 0.595. The predicted octanol–water partition coefficient (Wildman–Crippen LogP) is 13.5. The summed E-state index contributed by atoms with van der Waals surface area (Å²) in [5, 5.41) is 7.80. The minimum absolute atomic E-state index is 0.595. The average molecular weight is 724 g/mol. The van der Waals surface area contributed by atoms with Crippen molar-refractivity contribution in [2.75, 3.05) is 0 Å². The second-order valence-corrected chi connectivity index (χ2v) is 15.3. The van der Waals surface area contributed by atoms with Crippen LogP contribution < -0.4 is 0 Å². The maximum atomic E-state index is 6.78. The molecule has 0 atom stereocenters. The van der Waals surface area contributed by atoms with E-state index in [0.29, 0.717) is 17.5 Å². The van der Waals surface area contributed by atoms with E-state index in [0.717, 1.165) is 84.4 Å². The van der Waals surface area contributed by atoms with Crippen molar-refractivity contribution in [1.82, 2.24) is 15.0 Å². The van der Waals surface area contributed by atoms with Crippen LogP contribution in [0.3, 0.4) is 0 Å². The van der Waals surface area contributed by atoms with Crippen LogP contribution >= 0.6 is 11.3 Å². The molecule has 0 aliphatic heterocycles. The lowest BCUT2D eigenvalue weighted by Gasteiger charge is -2.16. The molecular formula is C49H29N3O2S. The number of hydrogen-bond acceptors (Lipinski definition) is 6. The SMILES string of the molecule is C1=C(c2ccc(-c3nc(-c4ccc5ccccc5c4)nc(-c4ccc5oc6ccccc6c5c4)n3)c3c2oc2ccccc23)CCc2c1sc1ccccc21. The number of aromatic nitrogens is 3. The van der Waals surface area contributed by atoms with E-state index < -0.39 is 0 Å². The highest BCUT2D eigenvalue weighted by Gasteiger charge is 2.24. The molecule has 5 nitrogen and oxygen atoms in total. The second kappa shape index (κ2) is 11.8. The van der Waals surface area contributed by atoms with Crippen molar-refractivity contribution in [3.8, 4) is 34.2 Å². The molecule has 0 bridgehead atoms. The fraction of sp³-hybridized carbons (Fsp3) is 0.0408. The smallest absolute Gasteiger partial charge is 0.164 e. The lowest BCUT2D eigenvalue weighted by Crippen LogP contribution is -2.01. The van der Waals surface area contributed by atoms with Crippen LogP contribution in [0, 0.1) is 0 Å². The first kappa shape index (κ1) is 30.6. The van der Waals surface area contributed by atoms with Gasteiger partial charge in [-0.05, 0) is 94.7 Å². The Bertz CT molecular complexity index is 3400. The summed E-state index contributed by atoms with van der Waals surface area (Å²) in [5.41, 5.74) is 9.94. The van der Waals surface area contributed by atoms with Crippen molar-refractivity contribution < 1.29 is 8.83 Å². The van der Waals surface area contributed by atoms with E-state index >= 15 is 0 Å². The van der Waals surface area contributed by atoms with Gasteiger partial charge in [0.15, 0.2) is 17.5 Å². The van der Waals surface area contributed by atoms with E-state index in [2.05, 4.69) is 109 Å². The summed E-state index contributed by atoms with van der Waals surface area (Å²) in [5.74, 6) is 1.80. The summed E-state index contributed by atoms with van der Waals surface area (Å²) in [6, 6.07) is 50.5. The Balaban J connectivity index is 1.09. The van der Waals surface area contributed by atoms with Crippen LogP contribution in [0.1, 0.15) is 22.4 Å². The summed E-state index contributed by atoms with van der Waals surface area (Å²) < 4.78 is 14.3. The topological polar surface area (TPSA) is 65.0 Å². The number of nitrogens with zero attached hydrogens (tertiary/aromatic N) is 3. The molecule has 4 aromatic heterocycles. The van der Waals surface area contributed by atoms with E-state index in [4.69, 9.17) is 23.8 Å². The third-order valence-corrected chi connectivity index (χ3v) is 12.2. The van der Waals surface area contributed by atoms with E-state index in [9.17, 15) is 0 Å². The standard InChI is InChI=1S/C49H29N3O2S/c1-2-10-29-25-31(18-17-28(29)9-1)47-50-48(32-20-24-42-39(26-32)34-11-3-6-14-40(34)53-42)52-49(51-47)38-23-22-33(46-45(38)37-13-4-7-15-41(37)54-46)30-19-21-36-35-12-5-8-16-43(35)55-44(36)27-30/h1-18,20,22-27H,19,21H2. The number of rotatable bonds is 4. The summed E-state index contributed by atoms with van der Waals surface area (Å²) in [6.45, 7) is 0. The van der Waals surface area contributed by atoms with Crippen molar-refractivity contribution in [3.63, 3.8) is 0 Å². The third-order valence-electron chi connectivity index (χ3n) is 11.1. The number of furan rings is 2. The van der Waals surface area contributed by atoms with Gasteiger partial charge in [0, 0.05) is 53.4 Å². The molecule has 0 amide bonds. The molecule has 0 N–H and O–H groups in total. The molecule has 0 saturated heterocycles. The van der Waals surface area contributed by atoms with Crippen LogP contribution in [-0.2, 0) is 6.42 Å². The Morgan fingerprint density at radius 2 is 1.13 bits per heavy atom. The zero-order valence-corrected chi connectivity index (χ0v) is 30.2. The van der Waals surface area contributed by atoms with Crippen LogP contribution in [0.2, 0.25) is 0 Å². The molecule has 7 aromatic carbocycles. The molecule has 11 aromatic rings. The summed E-state index contributed by atoms with van der Waals surface area (Å²) in [7, 11) is 0. The van der Waals surface area contributed by atoms with Gasteiger partial charge in [-0.1, -0.05) is 97.1 Å². The lowest BCUT2D eigenvalue weighted by molar-refractivity contribution is 0.667. The van der Waals surface area contributed by atoms with Gasteiger partial charge in [0.25, 0.3) is 0 Å². The van der Waals surface area contributed by atoms with Crippen LogP contribution in [0.4, 0.5) is 0 Å². The molecule has 4 heterocycles. The van der Waals surface area contributed by atoms with Gasteiger partial charge >= 0.3 is 0 Å². The molecule has 1 aliphatic carbocycles. The van der Waals surface area contributed by atoms with Crippen LogP contribution in [0.5, 0.6) is 0 Å². The van der Waals surface area contributed by atoms with Gasteiger partial charge in [0.05, 0.1) is 0 Å². The maximum Gasteiger partial charge on any atom is 0.164 e. The summed E-state index contributed by atoms with van der Waals surface area (Å²) >= 11 is 1.87. The molecule has 6 heteroatoms. The van der Waals surface area contributed by atoms with Gasteiger partial charge < -0.3 is 8.83 Å². The molecule has 0 radical (unpaired) electrons. The number of thiophene rings is 1. The Labute approximate surface area is 318 Å². The quantitative estimate of drug-likeness (QED) is 0.181. The Kier molecular flexibility index (Phi) is 6.56. The van der Waals surface area contributed by atoms with Crippen molar-refractivity contribution in [3.05, 3.63) is 162 Å². The highest BCUT2D eigenvalue weighted by Crippen LogP contribution is 2.45. The fourth-order valence-corrected chi connectivity index (χ4v) is 9.63. The lowest BCUT2D eigenvalue weighted by atomic mass is 9.89. The molecule has 258 valence electrons. The first-order valence-electron chi connectivity index (χ1n) is 18.5. The van der Waals surface area contributed by atoms with Gasteiger partial charge in [-0.2, -0.15) is 0 Å². The van der Waals surface area contributed by atoms with Crippen molar-refractivity contribution in [2.24, 2.45) is 0 Å². The van der Waals surface area contributed by atoms with Gasteiger partial charge in [-0.25, -0.2) is 15.0 Å². The van der Waals surface area contributed by atoms with Gasteiger partial charge in [0.1, 0.15) is 22.3 Å². The third kappa shape index (κ3) is 4.81. The van der Waals surface area contributed by atoms with Gasteiger partial charge in [0.2, 0.25) is 0 Å². The molecule has 0 unspecified atom stereocenters. The normalized spacial score (nSPS) is 13.1. The maximum absolute atomic E-state index is 6.78. The molecule has 0 fully saturated rings. The van der Waals surface area contributed by atoms with Crippen LogP contribution in [-0.4, -0.2) is 15.0 Å². The summed E-state index contributed by atoms with van der Waals surface area (Å²) in [4.78, 5) is 17.0. The molecule has 0 spiro atoms. The first-order valence-corrected chi connectivity index (χ1v) is 19.4. The van der Waals surface area contributed by atoms with E-state index in [1.54, 1.807) is 0 Å². The number of fused-ring (bicyclic) bond motifs is 10. The summed E-state index contributed by atoms with van der Waals surface area (Å²) in [6.07, 6.45) is 4.31. The number of benzene rings is 7. The molecule has 0 saturated carbocycles. The highest BCUT2D eigenvalue weighted by atomic mass is 32.1.